The zero-order valence-electron chi connectivity index (χ0n) is 27.8. The van der Waals surface area contributed by atoms with Gasteiger partial charge in [0.2, 0.25) is 11.8 Å². The number of rotatable bonds is 14. The van der Waals surface area contributed by atoms with Crippen LogP contribution in [0, 0.1) is 6.92 Å². The summed E-state index contributed by atoms with van der Waals surface area (Å²) in [7, 11) is -3.09. The molecule has 2 unspecified atom stereocenters. The third-order valence-electron chi connectivity index (χ3n) is 8.11. The van der Waals surface area contributed by atoms with Crippen LogP contribution < -0.4 is 14.4 Å². The number of carbonyl (C=O) groups excluding carboxylic acids is 2. The quantitative estimate of drug-likeness (QED) is 0.157. The summed E-state index contributed by atoms with van der Waals surface area (Å²) in [6.45, 7) is 4.48. The number of nitrogens with one attached hydrogen (secondary N) is 1. The van der Waals surface area contributed by atoms with Crippen LogP contribution in [0.5, 0.6) is 5.75 Å². The van der Waals surface area contributed by atoms with Crippen molar-refractivity contribution in [2.45, 2.75) is 63.3 Å². The summed E-state index contributed by atoms with van der Waals surface area (Å²) in [6.07, 6.45) is -4.06. The number of nitrogens with zero attached hydrogens (tertiary/aromatic N) is 2. The third kappa shape index (κ3) is 9.62. The molecule has 2 amide bonds. The minimum absolute atomic E-state index is 0.0904. The number of ether oxygens (including phenoxy) is 1. The first kappa shape index (κ1) is 37.0. The Kier molecular flexibility index (Phi) is 12.1. The van der Waals surface area contributed by atoms with Gasteiger partial charge in [0, 0.05) is 19.0 Å². The average Bonchev–Trinajstić information content (AvgIpc) is 3.08. The van der Waals surface area contributed by atoms with E-state index in [1.807, 2.05) is 32.0 Å². The molecule has 0 bridgehead atoms. The van der Waals surface area contributed by atoms with Gasteiger partial charge in [-0.05, 0) is 73.9 Å². The summed E-state index contributed by atoms with van der Waals surface area (Å²) in [5.74, 6) is -0.751. The highest BCUT2D eigenvalue weighted by molar-refractivity contribution is 7.92. The molecule has 0 heterocycles. The number of amides is 2. The van der Waals surface area contributed by atoms with Crippen LogP contribution in [-0.2, 0) is 38.8 Å². The van der Waals surface area contributed by atoms with Crippen molar-refractivity contribution in [1.82, 2.24) is 10.2 Å². The maximum Gasteiger partial charge on any atom is 0.416 e. The lowest BCUT2D eigenvalue weighted by molar-refractivity contribution is -0.140. The number of aryl methyl sites for hydroxylation is 1. The van der Waals surface area contributed by atoms with Crippen molar-refractivity contribution in [2.24, 2.45) is 0 Å². The molecular formula is C37H40F3N3O5S. The van der Waals surface area contributed by atoms with Gasteiger partial charge in [-0.2, -0.15) is 13.2 Å². The lowest BCUT2D eigenvalue weighted by Crippen LogP contribution is -2.54. The van der Waals surface area contributed by atoms with E-state index in [2.05, 4.69) is 5.32 Å². The summed E-state index contributed by atoms with van der Waals surface area (Å²) in [6, 6.07) is 24.2. The Labute approximate surface area is 285 Å². The van der Waals surface area contributed by atoms with Crippen LogP contribution >= 0.6 is 0 Å². The van der Waals surface area contributed by atoms with E-state index in [4.69, 9.17) is 4.74 Å². The number of methoxy groups -OCH3 is 1. The standard InChI is InChI=1S/C37H40F3N3O5S/c1-5-27(3)41-36(45)34(22-28-11-7-6-8-12-28)42(24-29-13-9-16-32(21-29)48-4)35(44)25-43(31-15-10-14-30(23-31)37(38,39)40)49(46,47)33-19-17-26(2)18-20-33/h6-21,23,27,34H,5,22,24-25H2,1-4H3,(H,41,45). The molecule has 0 fully saturated rings. The Morgan fingerprint density at radius 3 is 2.16 bits per heavy atom. The normalized spacial score (nSPS) is 12.9. The lowest BCUT2D eigenvalue weighted by Gasteiger charge is -2.34. The van der Waals surface area contributed by atoms with E-state index >= 15 is 0 Å². The molecule has 4 rings (SSSR count). The average molecular weight is 696 g/mol. The number of alkyl halides is 3. The van der Waals surface area contributed by atoms with Crippen LogP contribution in [0.1, 0.15) is 42.5 Å². The van der Waals surface area contributed by atoms with Gasteiger partial charge >= 0.3 is 6.18 Å². The molecule has 4 aromatic carbocycles. The van der Waals surface area contributed by atoms with Gasteiger partial charge < -0.3 is 15.0 Å². The highest BCUT2D eigenvalue weighted by Crippen LogP contribution is 2.33. The van der Waals surface area contributed by atoms with Crippen LogP contribution in [0.2, 0.25) is 0 Å². The fourth-order valence-corrected chi connectivity index (χ4v) is 6.57. The molecule has 0 aliphatic carbocycles. The van der Waals surface area contributed by atoms with Gasteiger partial charge in [0.15, 0.2) is 0 Å². The molecule has 0 spiro atoms. The zero-order valence-corrected chi connectivity index (χ0v) is 28.6. The van der Waals surface area contributed by atoms with Crippen molar-refractivity contribution < 1.29 is 35.9 Å². The fourth-order valence-electron chi connectivity index (χ4n) is 5.17. The topological polar surface area (TPSA) is 96.0 Å². The van der Waals surface area contributed by atoms with Gasteiger partial charge in [0.1, 0.15) is 18.3 Å². The molecule has 4 aromatic rings. The number of carbonyl (C=O) groups is 2. The molecule has 0 aliphatic heterocycles. The second-order valence-electron chi connectivity index (χ2n) is 11.8. The first-order valence-electron chi connectivity index (χ1n) is 15.8. The SMILES string of the molecule is CCC(C)NC(=O)C(Cc1ccccc1)N(Cc1cccc(OC)c1)C(=O)CN(c1cccc(C(F)(F)F)c1)S(=O)(=O)c1ccc(C)cc1. The van der Waals surface area contributed by atoms with Gasteiger partial charge in [-0.1, -0.05) is 73.2 Å². The van der Waals surface area contributed by atoms with Crippen molar-refractivity contribution in [2.75, 3.05) is 18.0 Å². The van der Waals surface area contributed by atoms with E-state index < -0.39 is 46.2 Å². The molecule has 260 valence electrons. The fraction of sp³-hybridized carbons (Fsp3) is 0.297. The third-order valence-corrected chi connectivity index (χ3v) is 9.90. The van der Waals surface area contributed by atoms with Gasteiger partial charge in [0.05, 0.1) is 23.3 Å². The Balaban J connectivity index is 1.86. The van der Waals surface area contributed by atoms with Crippen molar-refractivity contribution in [3.63, 3.8) is 0 Å². The number of anilines is 1. The number of benzene rings is 4. The summed E-state index contributed by atoms with van der Waals surface area (Å²) in [4.78, 5) is 29.6. The van der Waals surface area contributed by atoms with Gasteiger partial charge in [0.25, 0.3) is 10.0 Å². The first-order valence-corrected chi connectivity index (χ1v) is 17.2. The number of hydrogen-bond acceptors (Lipinski definition) is 5. The monoisotopic (exact) mass is 695 g/mol. The Bertz CT molecular complexity index is 1830. The minimum Gasteiger partial charge on any atom is -0.497 e. The highest BCUT2D eigenvalue weighted by Gasteiger charge is 2.36. The van der Waals surface area contributed by atoms with Crippen LogP contribution in [-0.4, -0.2) is 50.9 Å². The highest BCUT2D eigenvalue weighted by atomic mass is 32.2. The van der Waals surface area contributed by atoms with E-state index in [0.29, 0.717) is 28.1 Å². The Morgan fingerprint density at radius 1 is 0.878 bits per heavy atom. The summed E-state index contributed by atoms with van der Waals surface area (Å²) in [5, 5.41) is 2.95. The lowest BCUT2D eigenvalue weighted by atomic mass is 10.0. The van der Waals surface area contributed by atoms with E-state index in [-0.39, 0.29) is 29.6 Å². The van der Waals surface area contributed by atoms with Crippen molar-refractivity contribution in [3.05, 3.63) is 125 Å². The molecule has 8 nitrogen and oxygen atoms in total. The molecule has 49 heavy (non-hydrogen) atoms. The second kappa shape index (κ2) is 16.0. The van der Waals surface area contributed by atoms with Crippen LogP contribution in [0.4, 0.5) is 18.9 Å². The Hall–Kier alpha value is -4.84. The van der Waals surface area contributed by atoms with Crippen LogP contribution in [0.25, 0.3) is 0 Å². The predicted molar refractivity (Wildman–Crippen MR) is 183 cm³/mol. The van der Waals surface area contributed by atoms with Crippen molar-refractivity contribution >= 4 is 27.5 Å². The van der Waals surface area contributed by atoms with Gasteiger partial charge in [-0.25, -0.2) is 8.42 Å². The predicted octanol–water partition coefficient (Wildman–Crippen LogP) is 6.77. The first-order chi connectivity index (χ1) is 23.2. The molecule has 2 atom stereocenters. The van der Waals surface area contributed by atoms with Gasteiger partial charge in [-0.15, -0.1) is 0 Å². The molecular weight excluding hydrogens is 655 g/mol. The summed E-state index contributed by atoms with van der Waals surface area (Å²) >= 11 is 0. The van der Waals surface area contributed by atoms with Crippen molar-refractivity contribution in [1.29, 1.82) is 0 Å². The minimum atomic E-state index is -4.77. The number of hydrogen-bond donors (Lipinski definition) is 1. The summed E-state index contributed by atoms with van der Waals surface area (Å²) in [5.41, 5.74) is 0.672. The molecule has 0 aliphatic rings. The molecule has 0 saturated carbocycles. The van der Waals surface area contributed by atoms with Crippen molar-refractivity contribution in [3.8, 4) is 5.75 Å². The van der Waals surface area contributed by atoms with E-state index in [0.717, 1.165) is 23.3 Å². The molecule has 1 N–H and O–H groups in total. The Morgan fingerprint density at radius 2 is 1.53 bits per heavy atom. The summed E-state index contributed by atoms with van der Waals surface area (Å²) < 4.78 is 75.8. The maximum atomic E-state index is 14.6. The number of halogens is 3. The van der Waals surface area contributed by atoms with E-state index in [9.17, 15) is 31.2 Å². The molecule has 12 heteroatoms. The maximum absolute atomic E-state index is 14.6. The zero-order chi connectivity index (χ0) is 35.8. The van der Waals surface area contributed by atoms with Crippen LogP contribution in [0.15, 0.2) is 108 Å². The van der Waals surface area contributed by atoms with Crippen LogP contribution in [0.3, 0.4) is 0 Å². The molecule has 0 saturated heterocycles. The second-order valence-corrected chi connectivity index (χ2v) is 13.6. The molecule has 0 radical (unpaired) electrons. The number of sulfonamides is 1. The van der Waals surface area contributed by atoms with E-state index in [1.54, 1.807) is 55.5 Å². The largest absolute Gasteiger partial charge is 0.497 e. The van der Waals surface area contributed by atoms with E-state index in [1.165, 1.54) is 30.2 Å². The molecule has 0 aromatic heterocycles. The smallest absolute Gasteiger partial charge is 0.416 e. The van der Waals surface area contributed by atoms with Gasteiger partial charge in [-0.3, -0.25) is 13.9 Å².